The monoisotopic (exact) mass is 365 g/mol. The first-order chi connectivity index (χ1) is 10.6. The summed E-state index contributed by atoms with van der Waals surface area (Å²) in [6.45, 7) is 1.79. The highest BCUT2D eigenvalue weighted by Crippen LogP contribution is 2.30. The van der Waals surface area contributed by atoms with Crippen LogP contribution >= 0.6 is 15.9 Å². The van der Waals surface area contributed by atoms with Gasteiger partial charge in [0.1, 0.15) is 5.92 Å². The van der Waals surface area contributed by atoms with E-state index in [0.29, 0.717) is 19.5 Å². The van der Waals surface area contributed by atoms with E-state index >= 15 is 0 Å². The molecule has 0 aliphatic carbocycles. The van der Waals surface area contributed by atoms with Gasteiger partial charge in [-0.3, -0.25) is 9.59 Å². The SMILES string of the molecule is NC[C@H]1CCCN1C(=O)[C@H]1CCN(c2cccc(Br)c2)C1=O. The fraction of sp³-hybridized carbons (Fsp3) is 0.500. The number of carbonyl (C=O) groups is 2. The zero-order chi connectivity index (χ0) is 15.7. The molecule has 2 amide bonds. The van der Waals surface area contributed by atoms with Gasteiger partial charge in [-0.25, -0.2) is 0 Å². The van der Waals surface area contributed by atoms with Gasteiger partial charge in [-0.05, 0) is 37.5 Å². The molecule has 1 aromatic carbocycles. The summed E-state index contributed by atoms with van der Waals surface area (Å²) in [6, 6.07) is 7.72. The van der Waals surface area contributed by atoms with E-state index in [4.69, 9.17) is 5.73 Å². The van der Waals surface area contributed by atoms with Crippen molar-refractivity contribution in [2.24, 2.45) is 11.7 Å². The molecule has 2 fully saturated rings. The summed E-state index contributed by atoms with van der Waals surface area (Å²) in [6.07, 6.45) is 2.50. The Labute approximate surface area is 138 Å². The molecule has 22 heavy (non-hydrogen) atoms. The predicted octanol–water partition coefficient (Wildman–Crippen LogP) is 1.75. The largest absolute Gasteiger partial charge is 0.338 e. The minimum Gasteiger partial charge on any atom is -0.338 e. The van der Waals surface area contributed by atoms with Crippen LogP contribution in [0.15, 0.2) is 28.7 Å². The van der Waals surface area contributed by atoms with E-state index < -0.39 is 5.92 Å². The van der Waals surface area contributed by atoms with E-state index in [2.05, 4.69) is 15.9 Å². The van der Waals surface area contributed by atoms with Gasteiger partial charge in [-0.15, -0.1) is 0 Å². The minimum atomic E-state index is -0.550. The topological polar surface area (TPSA) is 66.6 Å². The van der Waals surface area contributed by atoms with Gasteiger partial charge in [-0.2, -0.15) is 0 Å². The number of rotatable bonds is 3. The predicted molar refractivity (Wildman–Crippen MR) is 88.4 cm³/mol. The first-order valence-corrected chi connectivity index (χ1v) is 8.48. The van der Waals surface area contributed by atoms with Crippen LogP contribution in [0.3, 0.4) is 0 Å². The lowest BCUT2D eigenvalue weighted by Crippen LogP contribution is -2.45. The van der Waals surface area contributed by atoms with Crippen LogP contribution in [0, 0.1) is 5.92 Å². The molecule has 0 aromatic heterocycles. The second kappa shape index (κ2) is 6.38. The van der Waals surface area contributed by atoms with Crippen molar-refractivity contribution in [1.82, 2.24) is 4.90 Å². The van der Waals surface area contributed by atoms with Crippen LogP contribution < -0.4 is 10.6 Å². The number of hydrogen-bond acceptors (Lipinski definition) is 3. The summed E-state index contributed by atoms with van der Waals surface area (Å²) in [5, 5.41) is 0. The Hall–Kier alpha value is -1.40. The maximum atomic E-state index is 12.7. The second-order valence-corrected chi connectivity index (χ2v) is 6.79. The zero-order valence-corrected chi connectivity index (χ0v) is 14.0. The van der Waals surface area contributed by atoms with Crippen molar-refractivity contribution in [3.8, 4) is 0 Å². The standard InChI is InChI=1S/C16H20BrN3O2/c17-11-3-1-4-12(9-11)20-8-6-14(16(20)22)15(21)19-7-2-5-13(19)10-18/h1,3-4,9,13-14H,2,5-8,10,18H2/t13-,14-/m1/s1. The molecule has 0 spiro atoms. The third-order valence-electron chi connectivity index (χ3n) is 4.56. The van der Waals surface area contributed by atoms with Crippen LogP contribution in [-0.2, 0) is 9.59 Å². The molecule has 0 saturated carbocycles. The number of hydrogen-bond donors (Lipinski definition) is 1. The lowest BCUT2D eigenvalue weighted by atomic mass is 10.1. The van der Waals surface area contributed by atoms with Crippen LogP contribution in [-0.4, -0.2) is 42.4 Å². The molecule has 2 atom stereocenters. The molecule has 2 N–H and O–H groups in total. The summed E-state index contributed by atoms with van der Waals surface area (Å²) >= 11 is 3.42. The summed E-state index contributed by atoms with van der Waals surface area (Å²) in [5.41, 5.74) is 6.58. The van der Waals surface area contributed by atoms with Crippen molar-refractivity contribution in [3.05, 3.63) is 28.7 Å². The highest BCUT2D eigenvalue weighted by Gasteiger charge is 2.42. The maximum absolute atomic E-state index is 12.7. The quantitative estimate of drug-likeness (QED) is 0.829. The number of amides is 2. The van der Waals surface area contributed by atoms with Gasteiger partial charge in [0.15, 0.2) is 0 Å². The van der Waals surface area contributed by atoms with Gasteiger partial charge in [0.2, 0.25) is 11.8 Å². The van der Waals surface area contributed by atoms with Gasteiger partial charge in [0.25, 0.3) is 0 Å². The smallest absolute Gasteiger partial charge is 0.239 e. The molecule has 2 heterocycles. The van der Waals surface area contributed by atoms with Gasteiger partial charge >= 0.3 is 0 Å². The van der Waals surface area contributed by atoms with Gasteiger partial charge < -0.3 is 15.5 Å². The minimum absolute atomic E-state index is 0.0459. The Balaban J connectivity index is 1.75. The van der Waals surface area contributed by atoms with Crippen molar-refractivity contribution in [3.63, 3.8) is 0 Å². The van der Waals surface area contributed by atoms with E-state index in [1.54, 1.807) is 4.90 Å². The van der Waals surface area contributed by atoms with Gasteiger partial charge in [0.05, 0.1) is 0 Å². The fourth-order valence-corrected chi connectivity index (χ4v) is 3.77. The Bertz CT molecular complexity index is 593. The Morgan fingerprint density at radius 3 is 2.86 bits per heavy atom. The van der Waals surface area contributed by atoms with Crippen molar-refractivity contribution >= 4 is 33.4 Å². The molecule has 5 nitrogen and oxygen atoms in total. The molecule has 118 valence electrons. The van der Waals surface area contributed by atoms with Crippen LogP contribution in [0.25, 0.3) is 0 Å². The van der Waals surface area contributed by atoms with Crippen molar-refractivity contribution < 1.29 is 9.59 Å². The Morgan fingerprint density at radius 1 is 1.32 bits per heavy atom. The number of nitrogens with two attached hydrogens (primary N) is 1. The summed E-state index contributed by atoms with van der Waals surface area (Å²) in [5.74, 6) is -0.688. The molecular formula is C16H20BrN3O2. The highest BCUT2D eigenvalue weighted by atomic mass is 79.9. The molecule has 2 aliphatic heterocycles. The average molecular weight is 366 g/mol. The Kier molecular flexibility index (Phi) is 4.49. The average Bonchev–Trinajstić information content (AvgIpc) is 3.12. The third kappa shape index (κ3) is 2.77. The van der Waals surface area contributed by atoms with Crippen LogP contribution in [0.5, 0.6) is 0 Å². The van der Waals surface area contributed by atoms with Crippen molar-refractivity contribution in [1.29, 1.82) is 0 Å². The summed E-state index contributed by atoms with van der Waals surface area (Å²) in [7, 11) is 0. The normalized spacial score (nSPS) is 25.1. The summed E-state index contributed by atoms with van der Waals surface area (Å²) in [4.78, 5) is 28.8. The number of anilines is 1. The van der Waals surface area contributed by atoms with E-state index in [0.717, 1.165) is 29.5 Å². The summed E-state index contributed by atoms with van der Waals surface area (Å²) < 4.78 is 0.926. The lowest BCUT2D eigenvalue weighted by molar-refractivity contribution is -0.140. The molecular weight excluding hydrogens is 346 g/mol. The molecule has 2 aliphatic rings. The van der Waals surface area contributed by atoms with Gasteiger partial charge in [0, 0.05) is 35.8 Å². The zero-order valence-electron chi connectivity index (χ0n) is 12.4. The van der Waals surface area contributed by atoms with Crippen LogP contribution in [0.4, 0.5) is 5.69 Å². The number of carbonyl (C=O) groups excluding carboxylic acids is 2. The molecule has 1 aromatic rings. The van der Waals surface area contributed by atoms with E-state index in [-0.39, 0.29) is 17.9 Å². The van der Waals surface area contributed by atoms with Crippen LogP contribution in [0.1, 0.15) is 19.3 Å². The van der Waals surface area contributed by atoms with Crippen LogP contribution in [0.2, 0.25) is 0 Å². The molecule has 0 radical (unpaired) electrons. The lowest BCUT2D eigenvalue weighted by Gasteiger charge is -2.26. The van der Waals surface area contributed by atoms with Gasteiger partial charge in [-0.1, -0.05) is 22.0 Å². The van der Waals surface area contributed by atoms with E-state index in [1.165, 1.54) is 0 Å². The number of halogens is 1. The molecule has 6 heteroatoms. The molecule has 0 unspecified atom stereocenters. The first-order valence-electron chi connectivity index (χ1n) is 7.69. The van der Waals surface area contributed by atoms with Crippen molar-refractivity contribution in [2.45, 2.75) is 25.3 Å². The van der Waals surface area contributed by atoms with Crippen molar-refractivity contribution in [2.75, 3.05) is 24.5 Å². The number of nitrogens with zero attached hydrogens (tertiary/aromatic N) is 2. The molecule has 0 bridgehead atoms. The number of likely N-dealkylation sites (tertiary alicyclic amines) is 1. The third-order valence-corrected chi connectivity index (χ3v) is 5.05. The maximum Gasteiger partial charge on any atom is 0.239 e. The van der Waals surface area contributed by atoms with E-state index in [1.807, 2.05) is 29.2 Å². The molecule has 2 saturated heterocycles. The Morgan fingerprint density at radius 2 is 2.14 bits per heavy atom. The fourth-order valence-electron chi connectivity index (χ4n) is 3.38. The molecule has 3 rings (SSSR count). The number of benzene rings is 1. The highest BCUT2D eigenvalue weighted by molar-refractivity contribution is 9.10. The second-order valence-electron chi connectivity index (χ2n) is 5.87. The first kappa shape index (κ1) is 15.5. The van der Waals surface area contributed by atoms with E-state index in [9.17, 15) is 9.59 Å².